The van der Waals surface area contributed by atoms with Crippen molar-refractivity contribution in [1.29, 1.82) is 0 Å². The number of nitro groups is 1. The summed E-state index contributed by atoms with van der Waals surface area (Å²) >= 11 is 0. The molecule has 0 saturated heterocycles. The summed E-state index contributed by atoms with van der Waals surface area (Å²) < 4.78 is 1.79. The highest BCUT2D eigenvalue weighted by molar-refractivity contribution is 6.04. The van der Waals surface area contributed by atoms with Crippen molar-refractivity contribution in [2.45, 2.75) is 20.4 Å². The van der Waals surface area contributed by atoms with E-state index in [9.17, 15) is 14.9 Å². The zero-order chi connectivity index (χ0) is 18.7. The third kappa shape index (κ3) is 3.77. The number of nitro benzene ring substituents is 1. The zero-order valence-corrected chi connectivity index (χ0v) is 14.5. The zero-order valence-electron chi connectivity index (χ0n) is 14.5. The Morgan fingerprint density at radius 3 is 2.58 bits per heavy atom. The van der Waals surface area contributed by atoms with Gasteiger partial charge in [0.25, 0.3) is 11.6 Å². The summed E-state index contributed by atoms with van der Waals surface area (Å²) in [5.41, 5.74) is 2.65. The average molecular weight is 350 g/mol. The van der Waals surface area contributed by atoms with E-state index in [1.54, 1.807) is 29.8 Å². The average Bonchev–Trinajstić information content (AvgIpc) is 2.95. The Morgan fingerprint density at radius 2 is 1.88 bits per heavy atom. The number of carbonyl (C=O) groups is 1. The molecule has 7 heteroatoms. The van der Waals surface area contributed by atoms with Crippen LogP contribution in [0.1, 0.15) is 27.2 Å². The van der Waals surface area contributed by atoms with Crippen molar-refractivity contribution in [1.82, 2.24) is 9.78 Å². The van der Waals surface area contributed by atoms with E-state index in [4.69, 9.17) is 0 Å². The Bertz CT molecular complexity index is 964. The van der Waals surface area contributed by atoms with Crippen molar-refractivity contribution in [2.24, 2.45) is 0 Å². The predicted molar refractivity (Wildman–Crippen MR) is 98.3 cm³/mol. The maximum Gasteiger partial charge on any atom is 0.273 e. The molecular weight excluding hydrogens is 332 g/mol. The van der Waals surface area contributed by atoms with Crippen molar-refractivity contribution < 1.29 is 9.72 Å². The molecule has 1 amide bonds. The van der Waals surface area contributed by atoms with Gasteiger partial charge in [0.1, 0.15) is 0 Å². The van der Waals surface area contributed by atoms with Crippen LogP contribution >= 0.6 is 0 Å². The fourth-order valence-electron chi connectivity index (χ4n) is 2.62. The summed E-state index contributed by atoms with van der Waals surface area (Å²) in [5.74, 6) is -0.0240. The van der Waals surface area contributed by atoms with Crippen LogP contribution in [0, 0.1) is 24.0 Å². The second kappa shape index (κ2) is 7.18. The maximum atomic E-state index is 12.4. The summed E-state index contributed by atoms with van der Waals surface area (Å²) in [6.45, 7) is 4.13. The maximum absolute atomic E-state index is 12.4. The van der Waals surface area contributed by atoms with Crippen molar-refractivity contribution >= 4 is 17.4 Å². The largest absolute Gasteiger partial charge is 0.305 e. The number of amides is 1. The summed E-state index contributed by atoms with van der Waals surface area (Å²) in [5, 5.41) is 18.1. The first-order chi connectivity index (χ1) is 12.4. The Morgan fingerprint density at radius 1 is 1.15 bits per heavy atom. The number of rotatable bonds is 5. The van der Waals surface area contributed by atoms with E-state index < -0.39 is 10.8 Å². The molecule has 0 bridgehead atoms. The van der Waals surface area contributed by atoms with Gasteiger partial charge in [-0.2, -0.15) is 5.10 Å². The van der Waals surface area contributed by atoms with Crippen LogP contribution in [0.5, 0.6) is 0 Å². The fourth-order valence-corrected chi connectivity index (χ4v) is 2.62. The summed E-state index contributed by atoms with van der Waals surface area (Å²) in [6, 6.07) is 16.0. The van der Waals surface area contributed by atoms with E-state index in [0.29, 0.717) is 17.9 Å². The number of anilines is 1. The molecular formula is C19H18N4O3. The van der Waals surface area contributed by atoms with Gasteiger partial charge in [0, 0.05) is 29.0 Å². The molecule has 0 atom stereocenters. The molecule has 0 saturated carbocycles. The SMILES string of the molecule is Cc1ccc(C(=O)Nc2cc(C)n(Cc3ccccc3)n2)cc1[N+](=O)[O-]. The quantitative estimate of drug-likeness (QED) is 0.561. The van der Waals surface area contributed by atoms with Gasteiger partial charge in [-0.1, -0.05) is 36.4 Å². The summed E-state index contributed by atoms with van der Waals surface area (Å²) in [4.78, 5) is 22.9. The monoisotopic (exact) mass is 350 g/mol. The number of aryl methyl sites for hydroxylation is 2. The van der Waals surface area contributed by atoms with E-state index in [0.717, 1.165) is 11.3 Å². The molecule has 3 rings (SSSR count). The number of carbonyl (C=O) groups excluding carboxylic acids is 1. The van der Waals surface area contributed by atoms with Gasteiger partial charge in [0.15, 0.2) is 5.82 Å². The van der Waals surface area contributed by atoms with Gasteiger partial charge >= 0.3 is 0 Å². The van der Waals surface area contributed by atoms with E-state index >= 15 is 0 Å². The molecule has 1 N–H and O–H groups in total. The van der Waals surface area contributed by atoms with Gasteiger partial charge in [-0.3, -0.25) is 19.6 Å². The molecule has 7 nitrogen and oxygen atoms in total. The minimum absolute atomic E-state index is 0.0802. The van der Waals surface area contributed by atoms with Gasteiger partial charge in [-0.15, -0.1) is 0 Å². The van der Waals surface area contributed by atoms with Crippen LogP contribution in [0.3, 0.4) is 0 Å². The molecule has 0 unspecified atom stereocenters. The first-order valence-corrected chi connectivity index (χ1v) is 8.09. The number of benzene rings is 2. The number of hydrogen-bond donors (Lipinski definition) is 1. The molecule has 0 aliphatic rings. The Hall–Kier alpha value is -3.48. The van der Waals surface area contributed by atoms with Crippen molar-refractivity contribution in [2.75, 3.05) is 5.32 Å². The van der Waals surface area contributed by atoms with Crippen LogP contribution in [0.2, 0.25) is 0 Å². The van der Waals surface area contributed by atoms with Crippen LogP contribution in [0.4, 0.5) is 11.5 Å². The molecule has 2 aromatic carbocycles. The van der Waals surface area contributed by atoms with Gasteiger partial charge in [0.05, 0.1) is 11.5 Å². The van der Waals surface area contributed by atoms with Gasteiger partial charge in [0.2, 0.25) is 0 Å². The van der Waals surface area contributed by atoms with Gasteiger partial charge < -0.3 is 5.32 Å². The number of aromatic nitrogens is 2. The predicted octanol–water partition coefficient (Wildman–Crippen LogP) is 3.71. The van der Waals surface area contributed by atoms with Crippen LogP contribution in [0.15, 0.2) is 54.6 Å². The standard InChI is InChI=1S/C19H18N4O3/c1-13-8-9-16(11-17(13)23(25)26)19(24)20-18-10-14(2)22(21-18)12-15-6-4-3-5-7-15/h3-11H,12H2,1-2H3,(H,20,21,24). The highest BCUT2D eigenvalue weighted by Gasteiger charge is 2.16. The molecule has 1 heterocycles. The smallest absolute Gasteiger partial charge is 0.273 e. The number of nitrogens with one attached hydrogen (secondary N) is 1. The molecule has 0 fully saturated rings. The highest BCUT2D eigenvalue weighted by Crippen LogP contribution is 2.20. The third-order valence-electron chi connectivity index (χ3n) is 4.07. The van der Waals surface area contributed by atoms with Crippen LogP contribution in [-0.2, 0) is 6.54 Å². The van der Waals surface area contributed by atoms with Crippen molar-refractivity contribution in [3.8, 4) is 0 Å². The Balaban J connectivity index is 1.77. The molecule has 0 aliphatic heterocycles. The molecule has 132 valence electrons. The first-order valence-electron chi connectivity index (χ1n) is 8.09. The second-order valence-electron chi connectivity index (χ2n) is 6.03. The van der Waals surface area contributed by atoms with Crippen molar-refractivity contribution in [3.05, 3.63) is 87.1 Å². The van der Waals surface area contributed by atoms with Crippen LogP contribution in [-0.4, -0.2) is 20.6 Å². The number of nitrogens with zero attached hydrogens (tertiary/aromatic N) is 3. The molecule has 0 radical (unpaired) electrons. The molecule has 0 aliphatic carbocycles. The van der Waals surface area contributed by atoms with E-state index in [-0.39, 0.29) is 11.3 Å². The van der Waals surface area contributed by atoms with E-state index in [2.05, 4.69) is 10.4 Å². The summed E-state index contributed by atoms with van der Waals surface area (Å²) in [7, 11) is 0. The molecule has 26 heavy (non-hydrogen) atoms. The lowest BCUT2D eigenvalue weighted by Crippen LogP contribution is -2.13. The Labute approximate surface area is 150 Å². The Kier molecular flexibility index (Phi) is 4.79. The fraction of sp³-hybridized carbons (Fsp3) is 0.158. The normalized spacial score (nSPS) is 10.5. The van der Waals surface area contributed by atoms with Crippen LogP contribution < -0.4 is 5.32 Å². The van der Waals surface area contributed by atoms with Gasteiger partial charge in [-0.05, 0) is 25.5 Å². The molecule has 0 spiro atoms. The van der Waals surface area contributed by atoms with E-state index in [1.165, 1.54) is 6.07 Å². The summed E-state index contributed by atoms with van der Waals surface area (Å²) in [6.07, 6.45) is 0. The van der Waals surface area contributed by atoms with Crippen LogP contribution in [0.25, 0.3) is 0 Å². The highest BCUT2D eigenvalue weighted by atomic mass is 16.6. The second-order valence-corrected chi connectivity index (χ2v) is 6.03. The third-order valence-corrected chi connectivity index (χ3v) is 4.07. The molecule has 3 aromatic rings. The molecule has 1 aromatic heterocycles. The lowest BCUT2D eigenvalue weighted by molar-refractivity contribution is -0.385. The van der Waals surface area contributed by atoms with Gasteiger partial charge in [-0.25, -0.2) is 0 Å². The first kappa shape index (κ1) is 17.3. The lowest BCUT2D eigenvalue weighted by atomic mass is 10.1. The van der Waals surface area contributed by atoms with E-state index in [1.807, 2.05) is 37.3 Å². The minimum Gasteiger partial charge on any atom is -0.305 e. The topological polar surface area (TPSA) is 90.1 Å². The lowest BCUT2D eigenvalue weighted by Gasteiger charge is -2.05. The number of hydrogen-bond acceptors (Lipinski definition) is 4. The van der Waals surface area contributed by atoms with Crippen molar-refractivity contribution in [3.63, 3.8) is 0 Å². The minimum atomic E-state index is -0.495.